The summed E-state index contributed by atoms with van der Waals surface area (Å²) in [5, 5.41) is -0.122. The molecule has 1 heterocycles. The van der Waals surface area contributed by atoms with Crippen molar-refractivity contribution >= 4 is 39.6 Å². The monoisotopic (exact) mass is 1040 g/mol. The van der Waals surface area contributed by atoms with Gasteiger partial charge in [0.2, 0.25) is 0 Å². The molecular weight excluding hydrogens is 941 g/mol. The van der Waals surface area contributed by atoms with Gasteiger partial charge in [0.25, 0.3) is 0 Å². The lowest BCUT2D eigenvalue weighted by Crippen LogP contribution is -2.63. The van der Waals surface area contributed by atoms with E-state index in [0.717, 1.165) is 60.3 Å². The van der Waals surface area contributed by atoms with Crippen LogP contribution in [0.2, 0.25) is 72.5 Å². The third-order valence-corrected chi connectivity index (χ3v) is 36.0. The highest BCUT2D eigenvalue weighted by Crippen LogP contribution is 2.47. The first kappa shape index (κ1) is 62.6. The van der Waals surface area contributed by atoms with E-state index in [-0.39, 0.29) is 53.3 Å². The van der Waals surface area contributed by atoms with Gasteiger partial charge in [-0.2, -0.15) is 0 Å². The topological polar surface area (TPSA) is 90.9 Å². The third kappa shape index (κ3) is 15.7. The number of carbonyl (C=O) groups is 1. The minimum Gasteiger partial charge on any atom is -0.497 e. The van der Waals surface area contributed by atoms with Crippen molar-refractivity contribution in [3.8, 4) is 18.1 Å². The van der Waals surface area contributed by atoms with Crippen LogP contribution in [0.5, 0.6) is 5.75 Å². The second-order valence-electron chi connectivity index (χ2n) is 24.2. The lowest BCUT2D eigenvalue weighted by atomic mass is 9.65. The summed E-state index contributed by atoms with van der Waals surface area (Å²) in [5.74, 6) is 4.74. The molecule has 1 fully saturated rings. The van der Waals surface area contributed by atoms with Gasteiger partial charge in [-0.15, -0.1) is 6.42 Å². The number of hydrogen-bond donors (Lipinski definition) is 0. The summed E-state index contributed by atoms with van der Waals surface area (Å²) in [6.07, 6.45) is 11.2. The molecule has 70 heavy (non-hydrogen) atoms. The van der Waals surface area contributed by atoms with Crippen molar-refractivity contribution in [3.63, 3.8) is 0 Å². The van der Waals surface area contributed by atoms with E-state index in [2.05, 4.69) is 155 Å². The Morgan fingerprint density at radius 2 is 1.36 bits per heavy atom. The molecule has 9 atom stereocenters. The molecule has 1 saturated heterocycles. The number of allylic oxidation sites excluding steroid dienone is 3. The molecule has 0 N–H and O–H groups in total. The molecule has 0 radical (unpaired) electrons. The van der Waals surface area contributed by atoms with Crippen molar-refractivity contribution < 1.29 is 41.4 Å². The average molecular weight is 1040 g/mol. The molecule has 400 valence electrons. The summed E-state index contributed by atoms with van der Waals surface area (Å²) in [4.78, 5) is 13.5. The second kappa shape index (κ2) is 26.2. The minimum absolute atomic E-state index is 0.0276. The van der Waals surface area contributed by atoms with Crippen LogP contribution in [0.3, 0.4) is 0 Å². The van der Waals surface area contributed by atoms with Gasteiger partial charge in [-0.1, -0.05) is 133 Å². The first-order valence-corrected chi connectivity index (χ1v) is 37.9. The molecule has 9 nitrogen and oxygen atoms in total. The number of carbonyl (C=O) groups excluding carboxylic acids is 1. The Morgan fingerprint density at radius 1 is 0.814 bits per heavy atom. The van der Waals surface area contributed by atoms with Crippen LogP contribution in [-0.2, 0) is 43.3 Å². The number of benzene rings is 1. The summed E-state index contributed by atoms with van der Waals surface area (Å²) in [6, 6.07) is 13.9. The Morgan fingerprint density at radius 3 is 1.83 bits per heavy atom. The lowest BCUT2D eigenvalue weighted by Gasteiger charge is -2.50. The molecule has 13 heteroatoms. The Balaban J connectivity index is 2.17. The van der Waals surface area contributed by atoms with E-state index in [4.69, 9.17) is 43.1 Å². The summed E-state index contributed by atoms with van der Waals surface area (Å²) in [6.45, 7) is 45.8. The molecule has 2 aliphatic rings. The number of aldehydes is 1. The highest BCUT2D eigenvalue weighted by molar-refractivity contribution is 6.75. The van der Waals surface area contributed by atoms with Crippen molar-refractivity contribution in [1.82, 2.24) is 0 Å². The summed E-state index contributed by atoms with van der Waals surface area (Å²) in [7, 11) is -7.37. The molecule has 0 bridgehead atoms. The van der Waals surface area contributed by atoms with Crippen LogP contribution in [0.15, 0.2) is 47.6 Å². The van der Waals surface area contributed by atoms with E-state index in [1.807, 2.05) is 24.3 Å². The van der Waals surface area contributed by atoms with E-state index in [1.54, 1.807) is 7.11 Å². The molecular formula is C57H102O9Si4. The van der Waals surface area contributed by atoms with Crippen LogP contribution in [0, 0.1) is 36.0 Å². The van der Waals surface area contributed by atoms with Gasteiger partial charge in [-0.05, 0) is 141 Å². The van der Waals surface area contributed by atoms with Crippen LogP contribution in [0.4, 0.5) is 0 Å². The van der Waals surface area contributed by atoms with Gasteiger partial charge in [0.05, 0.1) is 39.1 Å². The normalized spacial score (nSPS) is 24.7. The van der Waals surface area contributed by atoms with Crippen LogP contribution >= 0.6 is 0 Å². The summed E-state index contributed by atoms with van der Waals surface area (Å²) < 4.78 is 55.5. The zero-order chi connectivity index (χ0) is 53.1. The zero-order valence-corrected chi connectivity index (χ0v) is 52.3. The maximum Gasteiger partial charge on any atom is 0.194 e. The van der Waals surface area contributed by atoms with Gasteiger partial charge in [0.15, 0.2) is 39.6 Å². The predicted molar refractivity (Wildman–Crippen MR) is 301 cm³/mol. The van der Waals surface area contributed by atoms with Crippen LogP contribution in [0.1, 0.15) is 129 Å². The highest BCUT2D eigenvalue weighted by Gasteiger charge is 2.52. The Bertz CT molecular complexity index is 1850. The molecule has 1 aromatic carbocycles. The number of ether oxygens (including phenoxy) is 4. The van der Waals surface area contributed by atoms with Gasteiger partial charge < -0.3 is 36.7 Å². The first-order chi connectivity index (χ1) is 32.5. The number of methoxy groups -OCH3 is 1. The van der Waals surface area contributed by atoms with Crippen molar-refractivity contribution in [3.05, 3.63) is 53.1 Å². The zero-order valence-electron chi connectivity index (χ0n) is 48.3. The SMILES string of the molecule is C#C[C@](C)(O[Si](CC)(CC)CC)[C@H](C[C@H]1C(C)=CC[C@H](C(C)C)[C@H]1/C=C(\C=O)CO[C@H]1OC[C@@H](O[Si](C)(C)C(C)(C)C)[C@@H](O[Si](C)(C)C(C)(C)C)[C@@H]1OCc1ccc(OC)cc1)O[Si](CC)(CC)CC. The average Bonchev–Trinajstić information content (AvgIpc) is 3.31. The number of hydrogen-bond acceptors (Lipinski definition) is 9. The Hall–Kier alpha value is -1.68. The van der Waals surface area contributed by atoms with E-state index >= 15 is 0 Å². The molecule has 0 unspecified atom stereocenters. The van der Waals surface area contributed by atoms with E-state index < -0.39 is 57.4 Å². The second-order valence-corrected chi connectivity index (χ2v) is 43.1. The van der Waals surface area contributed by atoms with Gasteiger partial charge in [0, 0.05) is 5.57 Å². The molecule has 0 spiro atoms. The molecule has 1 aromatic rings. The largest absolute Gasteiger partial charge is 0.497 e. The van der Waals surface area contributed by atoms with Gasteiger partial charge in [0.1, 0.15) is 29.8 Å². The minimum atomic E-state index is -2.41. The Labute approximate surface area is 433 Å². The number of rotatable bonds is 27. The van der Waals surface area contributed by atoms with Crippen molar-refractivity contribution in [2.45, 2.75) is 239 Å². The van der Waals surface area contributed by atoms with Crippen LogP contribution < -0.4 is 4.74 Å². The van der Waals surface area contributed by atoms with E-state index in [9.17, 15) is 4.79 Å². The molecule has 0 amide bonds. The summed E-state index contributed by atoms with van der Waals surface area (Å²) >= 11 is 0. The standard InChI is InChI=1S/C57H102O9Si4/c1-23-57(17,66-70(27-5,28-6)29-7)51(64-69(24-2,25-3)26-4)37-48-43(10)30-35-47(42(8)9)49(48)36-45(38-58)40-61-54-53(60-39-44-31-33-46(59-18)34-32-44)52(65-68(21,22)56(14,15)16)50(41-62-54)63-67(19,20)55(11,12)13/h1,30-34,36,38,42,47-54H,24-29,35,37,39-41H2,2-22H3/b45-36+/t47-,48+,49-,50-,51+,52-,53+,54+,57+/m1/s1. The van der Waals surface area contributed by atoms with Gasteiger partial charge in [-0.3, -0.25) is 4.79 Å². The van der Waals surface area contributed by atoms with Gasteiger partial charge >= 0.3 is 0 Å². The van der Waals surface area contributed by atoms with E-state index in [1.165, 1.54) is 5.57 Å². The first-order valence-electron chi connectivity index (χ1n) is 27.1. The van der Waals surface area contributed by atoms with Crippen molar-refractivity contribution in [1.29, 1.82) is 0 Å². The summed E-state index contributed by atoms with van der Waals surface area (Å²) in [5.41, 5.74) is 1.96. The fourth-order valence-corrected chi connectivity index (χ4v) is 18.5. The predicted octanol–water partition coefficient (Wildman–Crippen LogP) is 14.9. The number of terminal acetylenes is 1. The lowest BCUT2D eigenvalue weighted by molar-refractivity contribution is -0.276. The molecule has 1 aliphatic carbocycles. The highest BCUT2D eigenvalue weighted by atomic mass is 28.4. The molecule has 0 aromatic heterocycles. The van der Waals surface area contributed by atoms with Crippen LogP contribution in [-0.4, -0.2) is 96.2 Å². The molecule has 1 aliphatic heterocycles. The van der Waals surface area contributed by atoms with Crippen LogP contribution in [0.25, 0.3) is 0 Å². The fraction of sp³-hybridized carbons (Fsp3) is 0.772. The maximum absolute atomic E-state index is 13.5. The fourth-order valence-electron chi connectivity index (χ4n) is 9.89. The van der Waals surface area contributed by atoms with E-state index in [0.29, 0.717) is 24.5 Å². The Kier molecular flexibility index (Phi) is 23.4. The molecule has 0 saturated carbocycles. The van der Waals surface area contributed by atoms with Crippen molar-refractivity contribution in [2.75, 3.05) is 20.3 Å². The quantitative estimate of drug-likeness (QED) is 0.0281. The maximum atomic E-state index is 13.5. The third-order valence-electron chi connectivity index (χ3n) is 17.6. The molecule has 3 rings (SSSR count). The smallest absolute Gasteiger partial charge is 0.194 e. The van der Waals surface area contributed by atoms with Gasteiger partial charge in [-0.25, -0.2) is 0 Å². The van der Waals surface area contributed by atoms with Crippen molar-refractivity contribution in [2.24, 2.45) is 23.7 Å².